The van der Waals surface area contributed by atoms with Crippen LogP contribution in [0.4, 0.5) is 5.69 Å². The highest BCUT2D eigenvalue weighted by atomic mass is 35.5. The number of nitrogens with one attached hydrogen (secondary N) is 1. The van der Waals surface area contributed by atoms with Crippen LogP contribution in [-0.2, 0) is 11.2 Å². The molecule has 5 heteroatoms. The molecule has 2 aromatic rings. The maximum Gasteiger partial charge on any atom is 0.109 e. The van der Waals surface area contributed by atoms with Gasteiger partial charge in [-0.1, -0.05) is 35.9 Å². The van der Waals surface area contributed by atoms with Gasteiger partial charge in [0.1, 0.15) is 6.10 Å². The van der Waals surface area contributed by atoms with Crippen LogP contribution in [0.1, 0.15) is 49.0 Å². The minimum atomic E-state index is -0.782. The van der Waals surface area contributed by atoms with Crippen LogP contribution in [0.15, 0.2) is 42.5 Å². The molecule has 2 aliphatic rings. The van der Waals surface area contributed by atoms with Gasteiger partial charge in [-0.15, -0.1) is 0 Å². The summed E-state index contributed by atoms with van der Waals surface area (Å²) in [5, 5.41) is 24.5. The topological polar surface area (TPSA) is 61.7 Å². The second-order valence-corrected chi connectivity index (χ2v) is 8.08. The van der Waals surface area contributed by atoms with Crippen molar-refractivity contribution in [2.24, 2.45) is 0 Å². The molecule has 1 aliphatic carbocycles. The van der Waals surface area contributed by atoms with Crippen molar-refractivity contribution in [3.63, 3.8) is 0 Å². The van der Waals surface area contributed by atoms with Crippen LogP contribution < -0.4 is 5.32 Å². The molecule has 1 heterocycles. The van der Waals surface area contributed by atoms with Gasteiger partial charge in [-0.05, 0) is 61.1 Å². The van der Waals surface area contributed by atoms with E-state index in [9.17, 15) is 10.2 Å². The zero-order chi connectivity index (χ0) is 19.0. The van der Waals surface area contributed by atoms with Gasteiger partial charge in [0.2, 0.25) is 0 Å². The molecule has 4 rings (SSSR count). The van der Waals surface area contributed by atoms with Crippen molar-refractivity contribution >= 4 is 17.3 Å². The summed E-state index contributed by atoms with van der Waals surface area (Å²) >= 11 is 6.44. The van der Waals surface area contributed by atoms with E-state index in [-0.39, 0.29) is 6.10 Å². The molecule has 0 amide bonds. The largest absolute Gasteiger partial charge is 0.390 e. The van der Waals surface area contributed by atoms with E-state index in [0.29, 0.717) is 6.42 Å². The van der Waals surface area contributed by atoms with Crippen LogP contribution in [0.2, 0.25) is 5.02 Å². The third kappa shape index (κ3) is 3.85. The number of hydrogen-bond donors (Lipinski definition) is 3. The molecule has 2 fully saturated rings. The molecule has 1 spiro atoms. The van der Waals surface area contributed by atoms with Crippen molar-refractivity contribution in [3.8, 4) is 0 Å². The van der Waals surface area contributed by atoms with Crippen molar-refractivity contribution < 1.29 is 14.9 Å². The number of aliphatic hydroxyl groups excluding tert-OH is 2. The summed E-state index contributed by atoms with van der Waals surface area (Å²) in [6.07, 6.45) is 1.02. The fraction of sp³-hybridized carbons (Fsp3) is 0.455. The van der Waals surface area contributed by atoms with Gasteiger partial charge < -0.3 is 20.3 Å². The van der Waals surface area contributed by atoms with E-state index >= 15 is 0 Å². The van der Waals surface area contributed by atoms with Gasteiger partial charge in [-0.25, -0.2) is 0 Å². The van der Waals surface area contributed by atoms with Crippen LogP contribution in [0.5, 0.6) is 0 Å². The highest BCUT2D eigenvalue weighted by Crippen LogP contribution is 2.51. The van der Waals surface area contributed by atoms with Crippen molar-refractivity contribution in [3.05, 3.63) is 64.2 Å². The summed E-state index contributed by atoms with van der Waals surface area (Å²) in [4.78, 5) is 0. The number of ether oxygens (including phenoxy) is 1. The number of aliphatic hydroxyl groups is 2. The molecular weight excluding hydrogens is 362 g/mol. The average Bonchev–Trinajstić information content (AvgIpc) is 3.43. The van der Waals surface area contributed by atoms with E-state index in [0.717, 1.165) is 47.6 Å². The Balaban J connectivity index is 1.53. The van der Waals surface area contributed by atoms with Crippen LogP contribution in [-0.4, -0.2) is 34.6 Å². The number of hydrogen-bond acceptors (Lipinski definition) is 4. The van der Waals surface area contributed by atoms with Crippen LogP contribution >= 0.6 is 11.6 Å². The van der Waals surface area contributed by atoms with Crippen molar-refractivity contribution in [2.45, 2.75) is 56.5 Å². The first kappa shape index (κ1) is 18.8. The summed E-state index contributed by atoms with van der Waals surface area (Å²) < 4.78 is 6.18. The highest BCUT2D eigenvalue weighted by Gasteiger charge is 2.57. The standard InChI is InChI=1S/C22H26ClNO3/c1-2-24-17-6-3-14(4-7-17)11-16-12-15(5-8-18(16)23)20-13-19(25)21(26)22(27-20)9-10-22/h3-8,12,19-21,24-26H,2,9-11,13H2,1H3/t19-,20?,21+/m1/s1. The lowest BCUT2D eigenvalue weighted by Gasteiger charge is -2.38. The van der Waals surface area contributed by atoms with Crippen LogP contribution in [0.25, 0.3) is 0 Å². The van der Waals surface area contributed by atoms with Gasteiger partial charge >= 0.3 is 0 Å². The molecule has 4 nitrogen and oxygen atoms in total. The third-order valence-corrected chi connectivity index (χ3v) is 6.02. The normalized spacial score (nSPS) is 26.1. The molecule has 0 aromatic heterocycles. The molecule has 1 saturated heterocycles. The van der Waals surface area contributed by atoms with Gasteiger partial charge in [0.15, 0.2) is 0 Å². The van der Waals surface area contributed by atoms with E-state index in [4.69, 9.17) is 16.3 Å². The lowest BCUT2D eigenvalue weighted by Crippen LogP contribution is -2.47. The third-order valence-electron chi connectivity index (χ3n) is 5.65. The summed E-state index contributed by atoms with van der Waals surface area (Å²) in [5.74, 6) is 0. The summed E-state index contributed by atoms with van der Waals surface area (Å²) in [5.41, 5.74) is 3.80. The zero-order valence-electron chi connectivity index (χ0n) is 15.5. The Morgan fingerprint density at radius 2 is 1.89 bits per heavy atom. The minimum Gasteiger partial charge on any atom is -0.390 e. The van der Waals surface area contributed by atoms with E-state index < -0.39 is 17.8 Å². The molecule has 1 saturated carbocycles. The minimum absolute atomic E-state index is 0.210. The fourth-order valence-electron chi connectivity index (χ4n) is 3.94. The second kappa shape index (κ2) is 7.44. The molecule has 0 bridgehead atoms. The number of rotatable bonds is 5. The molecular formula is C22H26ClNO3. The van der Waals surface area contributed by atoms with Gasteiger partial charge in [0, 0.05) is 23.7 Å². The number of anilines is 1. The molecule has 3 N–H and O–H groups in total. The smallest absolute Gasteiger partial charge is 0.109 e. The molecule has 1 unspecified atom stereocenters. The lowest BCUT2D eigenvalue weighted by atomic mass is 9.91. The Morgan fingerprint density at radius 1 is 1.15 bits per heavy atom. The van der Waals surface area contributed by atoms with Crippen LogP contribution in [0.3, 0.4) is 0 Å². The molecule has 144 valence electrons. The summed E-state index contributed by atoms with van der Waals surface area (Å²) in [7, 11) is 0. The first-order valence-corrected chi connectivity index (χ1v) is 10.0. The lowest BCUT2D eigenvalue weighted by molar-refractivity contribution is -0.185. The van der Waals surface area contributed by atoms with Crippen molar-refractivity contribution in [1.82, 2.24) is 0 Å². The van der Waals surface area contributed by atoms with Gasteiger partial charge in [-0.2, -0.15) is 0 Å². The Kier molecular flexibility index (Phi) is 5.17. The van der Waals surface area contributed by atoms with Gasteiger partial charge in [0.05, 0.1) is 17.8 Å². The quantitative estimate of drug-likeness (QED) is 0.723. The highest BCUT2D eigenvalue weighted by molar-refractivity contribution is 6.31. The fourth-order valence-corrected chi connectivity index (χ4v) is 4.12. The Hall–Kier alpha value is -1.59. The summed E-state index contributed by atoms with van der Waals surface area (Å²) in [6.45, 7) is 2.98. The first-order valence-electron chi connectivity index (χ1n) is 9.66. The maximum absolute atomic E-state index is 10.3. The Labute approximate surface area is 165 Å². The van der Waals surface area contributed by atoms with E-state index in [1.165, 1.54) is 5.56 Å². The molecule has 27 heavy (non-hydrogen) atoms. The SMILES string of the molecule is CCNc1ccc(Cc2cc(C3C[C@@H](O)[C@H](O)C4(CC4)O3)ccc2Cl)cc1. The van der Waals surface area contributed by atoms with E-state index in [2.05, 4.69) is 42.6 Å². The summed E-state index contributed by atoms with van der Waals surface area (Å²) in [6, 6.07) is 14.3. The molecule has 1 aliphatic heterocycles. The Bertz CT molecular complexity index is 804. The first-order chi connectivity index (χ1) is 13.0. The zero-order valence-corrected chi connectivity index (χ0v) is 16.2. The predicted molar refractivity (Wildman–Crippen MR) is 107 cm³/mol. The number of benzene rings is 2. The van der Waals surface area contributed by atoms with E-state index in [1.54, 1.807) is 0 Å². The molecule has 0 radical (unpaired) electrons. The van der Waals surface area contributed by atoms with Gasteiger partial charge in [-0.3, -0.25) is 0 Å². The monoisotopic (exact) mass is 387 g/mol. The second-order valence-electron chi connectivity index (χ2n) is 7.67. The number of halogens is 1. The average molecular weight is 388 g/mol. The van der Waals surface area contributed by atoms with Crippen LogP contribution in [0, 0.1) is 0 Å². The predicted octanol–water partition coefficient (Wildman–Crippen LogP) is 4.08. The molecule has 2 aromatic carbocycles. The van der Waals surface area contributed by atoms with Crippen molar-refractivity contribution in [2.75, 3.05) is 11.9 Å². The van der Waals surface area contributed by atoms with Crippen molar-refractivity contribution in [1.29, 1.82) is 0 Å². The molecule has 3 atom stereocenters. The maximum atomic E-state index is 10.3. The Morgan fingerprint density at radius 3 is 2.56 bits per heavy atom. The van der Waals surface area contributed by atoms with E-state index in [1.807, 2.05) is 12.1 Å². The van der Waals surface area contributed by atoms with Gasteiger partial charge in [0.25, 0.3) is 0 Å².